The van der Waals surface area contributed by atoms with Crippen molar-refractivity contribution in [3.63, 3.8) is 0 Å². The van der Waals surface area contributed by atoms with Crippen LogP contribution in [0.1, 0.15) is 13.3 Å². The first-order chi connectivity index (χ1) is 7.02. The summed E-state index contributed by atoms with van der Waals surface area (Å²) in [6.07, 6.45) is -10.8. The highest BCUT2D eigenvalue weighted by Gasteiger charge is 2.71. The van der Waals surface area contributed by atoms with Gasteiger partial charge in [0.25, 0.3) is 5.60 Å². The predicted molar refractivity (Wildman–Crippen MR) is 45.6 cm³/mol. The van der Waals surface area contributed by atoms with Crippen LogP contribution in [-0.2, 0) is 0 Å². The van der Waals surface area contributed by atoms with Crippen LogP contribution in [0.4, 0.5) is 26.3 Å². The quantitative estimate of drug-likeness (QED) is 0.599. The van der Waals surface area contributed by atoms with Gasteiger partial charge in [0, 0.05) is 0 Å². The maximum atomic E-state index is 12.3. The lowest BCUT2D eigenvalue weighted by molar-refractivity contribution is -0.351. The van der Waals surface area contributed by atoms with Crippen LogP contribution in [0.5, 0.6) is 0 Å². The number of aliphatic hydroxyl groups is 1. The summed E-state index contributed by atoms with van der Waals surface area (Å²) in [4.78, 5) is 0. The Morgan fingerprint density at radius 1 is 1.12 bits per heavy atom. The topological polar surface area (TPSA) is 20.2 Å². The van der Waals surface area contributed by atoms with Crippen LogP contribution in [0.15, 0.2) is 24.3 Å². The first-order valence-electron chi connectivity index (χ1n) is 4.21. The van der Waals surface area contributed by atoms with Crippen LogP contribution in [0.25, 0.3) is 0 Å². The van der Waals surface area contributed by atoms with E-state index in [0.717, 1.165) is 0 Å². The molecule has 0 amide bonds. The molecule has 7 heteroatoms. The molecule has 0 radical (unpaired) electrons. The van der Waals surface area contributed by atoms with Crippen molar-refractivity contribution in [2.75, 3.05) is 0 Å². The number of allylic oxidation sites excluding steroid dienone is 1. The Bertz CT molecular complexity index is 271. The Morgan fingerprint density at radius 2 is 1.50 bits per heavy atom. The predicted octanol–water partition coefficient (Wildman–Crippen LogP) is 3.36. The van der Waals surface area contributed by atoms with Crippen LogP contribution < -0.4 is 0 Å². The van der Waals surface area contributed by atoms with Crippen molar-refractivity contribution in [3.8, 4) is 0 Å². The monoisotopic (exact) mass is 248 g/mol. The Morgan fingerprint density at radius 3 is 1.69 bits per heavy atom. The SMILES string of the molecule is C=CC(=CCC)C(O)(C(F)(F)F)C(F)(F)F. The average molecular weight is 248 g/mol. The van der Waals surface area contributed by atoms with Crippen molar-refractivity contribution in [1.82, 2.24) is 0 Å². The van der Waals surface area contributed by atoms with Gasteiger partial charge < -0.3 is 5.11 Å². The highest BCUT2D eigenvalue weighted by atomic mass is 19.4. The van der Waals surface area contributed by atoms with Crippen molar-refractivity contribution in [1.29, 1.82) is 0 Å². The third kappa shape index (κ3) is 2.40. The van der Waals surface area contributed by atoms with Crippen molar-refractivity contribution >= 4 is 0 Å². The molecule has 0 spiro atoms. The summed E-state index contributed by atoms with van der Waals surface area (Å²) in [6.45, 7) is 4.19. The Hall–Kier alpha value is -0.980. The molecule has 16 heavy (non-hydrogen) atoms. The Labute approximate surface area is 88.1 Å². The summed E-state index contributed by atoms with van der Waals surface area (Å²) in [7, 11) is 0. The van der Waals surface area contributed by atoms with Gasteiger partial charge in [0.1, 0.15) is 0 Å². The number of hydrogen-bond donors (Lipinski definition) is 1. The minimum atomic E-state index is -5.85. The lowest BCUT2D eigenvalue weighted by atomic mass is 9.91. The van der Waals surface area contributed by atoms with Gasteiger partial charge in [-0.3, -0.25) is 0 Å². The molecule has 0 fully saturated rings. The van der Waals surface area contributed by atoms with Crippen LogP contribution in [0.3, 0.4) is 0 Å². The molecule has 0 saturated carbocycles. The molecule has 0 aromatic rings. The fraction of sp³-hybridized carbons (Fsp3) is 0.556. The Balaban J connectivity index is 5.78. The lowest BCUT2D eigenvalue weighted by Crippen LogP contribution is -2.57. The van der Waals surface area contributed by atoms with Crippen LogP contribution in [0, 0.1) is 0 Å². The molecule has 0 aliphatic heterocycles. The van der Waals surface area contributed by atoms with Gasteiger partial charge >= 0.3 is 12.4 Å². The normalized spacial score (nSPS) is 15.1. The van der Waals surface area contributed by atoms with Crippen molar-refractivity contribution < 1.29 is 31.4 Å². The molecule has 0 saturated heterocycles. The third-order valence-corrected chi connectivity index (χ3v) is 1.88. The van der Waals surface area contributed by atoms with Crippen LogP contribution >= 0.6 is 0 Å². The third-order valence-electron chi connectivity index (χ3n) is 1.88. The maximum absolute atomic E-state index is 12.3. The van der Waals surface area contributed by atoms with E-state index in [4.69, 9.17) is 5.11 Å². The molecule has 0 aliphatic carbocycles. The molecular formula is C9H10F6O. The van der Waals surface area contributed by atoms with Gasteiger partial charge in [0.05, 0.1) is 0 Å². The molecule has 1 nitrogen and oxygen atoms in total. The van der Waals surface area contributed by atoms with E-state index in [0.29, 0.717) is 12.2 Å². The highest BCUT2D eigenvalue weighted by molar-refractivity contribution is 5.32. The zero-order chi connectivity index (χ0) is 13.2. The van der Waals surface area contributed by atoms with E-state index >= 15 is 0 Å². The van der Waals surface area contributed by atoms with Gasteiger partial charge in [0.2, 0.25) is 0 Å². The van der Waals surface area contributed by atoms with Gasteiger partial charge in [-0.2, -0.15) is 26.3 Å². The maximum Gasteiger partial charge on any atom is 0.430 e. The van der Waals surface area contributed by atoms with E-state index in [1.807, 2.05) is 0 Å². The van der Waals surface area contributed by atoms with Gasteiger partial charge in [0.15, 0.2) is 0 Å². The molecule has 0 atom stereocenters. The van der Waals surface area contributed by atoms with Crippen molar-refractivity contribution in [2.24, 2.45) is 0 Å². The van der Waals surface area contributed by atoms with Gasteiger partial charge in [-0.25, -0.2) is 0 Å². The number of rotatable bonds is 3. The summed E-state index contributed by atoms with van der Waals surface area (Å²) in [6, 6.07) is 0. The summed E-state index contributed by atoms with van der Waals surface area (Å²) in [5, 5.41) is 8.89. The number of hydrogen-bond acceptors (Lipinski definition) is 1. The lowest BCUT2D eigenvalue weighted by Gasteiger charge is -2.33. The molecule has 0 heterocycles. The number of alkyl halides is 6. The highest BCUT2D eigenvalue weighted by Crippen LogP contribution is 2.47. The summed E-state index contributed by atoms with van der Waals surface area (Å²) in [5.74, 6) is 0. The second-order valence-electron chi connectivity index (χ2n) is 2.98. The molecule has 0 aromatic heterocycles. The van der Waals surface area contributed by atoms with Crippen molar-refractivity contribution in [2.45, 2.75) is 31.3 Å². The summed E-state index contributed by atoms with van der Waals surface area (Å²) >= 11 is 0. The molecular weight excluding hydrogens is 238 g/mol. The molecule has 0 unspecified atom stereocenters. The molecule has 0 rings (SSSR count). The molecule has 94 valence electrons. The van der Waals surface area contributed by atoms with E-state index < -0.39 is 23.5 Å². The standard InChI is InChI=1S/C9H10F6O/c1-3-5-6(4-2)7(16,8(10,11)12)9(13,14)15/h4-5,16H,2-3H2,1H3. The molecule has 0 aromatic carbocycles. The second-order valence-corrected chi connectivity index (χ2v) is 2.98. The van der Waals surface area contributed by atoms with E-state index in [1.165, 1.54) is 6.92 Å². The van der Waals surface area contributed by atoms with Crippen molar-refractivity contribution in [3.05, 3.63) is 24.3 Å². The Kier molecular flexibility index (Phi) is 4.21. The van der Waals surface area contributed by atoms with E-state index in [9.17, 15) is 26.3 Å². The minimum Gasteiger partial charge on any atom is -0.370 e. The van der Waals surface area contributed by atoms with Gasteiger partial charge in [-0.1, -0.05) is 25.7 Å². The first-order valence-corrected chi connectivity index (χ1v) is 4.21. The van der Waals surface area contributed by atoms with Crippen LogP contribution in [0.2, 0.25) is 0 Å². The van der Waals surface area contributed by atoms with Crippen LogP contribution in [-0.4, -0.2) is 23.1 Å². The fourth-order valence-electron chi connectivity index (χ4n) is 1.09. The molecule has 0 aliphatic rings. The van der Waals surface area contributed by atoms with Gasteiger partial charge in [-0.05, 0) is 12.0 Å². The molecule has 0 bridgehead atoms. The molecule has 1 N–H and O–H groups in total. The van der Waals surface area contributed by atoms with E-state index in [-0.39, 0.29) is 6.42 Å². The summed E-state index contributed by atoms with van der Waals surface area (Å²) < 4.78 is 73.8. The smallest absolute Gasteiger partial charge is 0.370 e. The second kappa shape index (κ2) is 4.48. The largest absolute Gasteiger partial charge is 0.430 e. The van der Waals surface area contributed by atoms with Gasteiger partial charge in [-0.15, -0.1) is 0 Å². The average Bonchev–Trinajstić information content (AvgIpc) is 2.09. The zero-order valence-corrected chi connectivity index (χ0v) is 8.28. The fourth-order valence-corrected chi connectivity index (χ4v) is 1.09. The summed E-state index contributed by atoms with van der Waals surface area (Å²) in [5.41, 5.74) is -6.17. The first kappa shape index (κ1) is 15.0. The number of halogens is 6. The minimum absolute atomic E-state index is 0.0875. The zero-order valence-electron chi connectivity index (χ0n) is 8.28. The van der Waals surface area contributed by atoms with E-state index in [2.05, 4.69) is 6.58 Å². The van der Waals surface area contributed by atoms with E-state index in [1.54, 1.807) is 0 Å².